The van der Waals surface area contributed by atoms with Crippen molar-refractivity contribution in [3.8, 4) is 6.07 Å². The average Bonchev–Trinajstić information content (AvgIpc) is 2.18. The third-order valence-electron chi connectivity index (χ3n) is 1.67. The zero-order chi connectivity index (χ0) is 10.6. The molecule has 0 fully saturated rings. The summed E-state index contributed by atoms with van der Waals surface area (Å²) in [7, 11) is 0. The number of nitriles is 1. The van der Waals surface area contributed by atoms with Crippen LogP contribution in [0.1, 0.15) is 12.5 Å². The Morgan fingerprint density at radius 1 is 1.64 bits per heavy atom. The van der Waals surface area contributed by atoms with Crippen molar-refractivity contribution in [3.63, 3.8) is 0 Å². The van der Waals surface area contributed by atoms with Crippen LogP contribution >= 0.6 is 23.4 Å². The first kappa shape index (κ1) is 11.4. The molecule has 0 heterocycles. The number of benzene rings is 1. The summed E-state index contributed by atoms with van der Waals surface area (Å²) >= 11 is 7.31. The summed E-state index contributed by atoms with van der Waals surface area (Å²) < 4.78 is 0. The smallest absolute Gasteiger partial charge is 0.102 e. The minimum Gasteiger partial charge on any atom is -0.395 e. The summed E-state index contributed by atoms with van der Waals surface area (Å²) in [5.74, 6) is 0. The maximum Gasteiger partial charge on any atom is 0.102 e. The Balaban J connectivity index is 2.98. The van der Waals surface area contributed by atoms with Crippen molar-refractivity contribution in [3.05, 3.63) is 28.8 Å². The molecule has 1 aromatic carbocycles. The van der Waals surface area contributed by atoms with Crippen LogP contribution in [0.4, 0.5) is 0 Å². The van der Waals surface area contributed by atoms with Gasteiger partial charge in [-0.25, -0.2) is 0 Å². The molecule has 0 aliphatic heterocycles. The van der Waals surface area contributed by atoms with E-state index in [1.807, 2.05) is 13.0 Å². The van der Waals surface area contributed by atoms with Crippen LogP contribution in [0.15, 0.2) is 23.1 Å². The molecule has 0 amide bonds. The molecule has 1 rings (SSSR count). The molecule has 1 N–H and O–H groups in total. The van der Waals surface area contributed by atoms with Gasteiger partial charge in [0.25, 0.3) is 0 Å². The molecule has 0 radical (unpaired) electrons. The van der Waals surface area contributed by atoms with Crippen LogP contribution in [-0.4, -0.2) is 17.0 Å². The van der Waals surface area contributed by atoms with Gasteiger partial charge in [-0.15, -0.1) is 11.8 Å². The first-order valence-corrected chi connectivity index (χ1v) is 5.41. The normalized spacial score (nSPS) is 12.1. The molecule has 14 heavy (non-hydrogen) atoms. The maximum absolute atomic E-state index is 8.89. The summed E-state index contributed by atoms with van der Waals surface area (Å²) in [4.78, 5) is 0.821. The molecule has 1 unspecified atom stereocenters. The van der Waals surface area contributed by atoms with Gasteiger partial charge in [0.05, 0.1) is 17.2 Å². The molecule has 0 aliphatic rings. The highest BCUT2D eigenvalue weighted by Gasteiger charge is 2.09. The SMILES string of the molecule is CC(CO)Sc1cccc(Cl)c1C#N. The topological polar surface area (TPSA) is 44.0 Å². The quantitative estimate of drug-likeness (QED) is 0.808. The molecular formula is C10H10ClNOS. The highest BCUT2D eigenvalue weighted by Crippen LogP contribution is 2.30. The summed E-state index contributed by atoms with van der Waals surface area (Å²) in [6, 6.07) is 7.38. The highest BCUT2D eigenvalue weighted by atomic mass is 35.5. The van der Waals surface area contributed by atoms with Gasteiger partial charge < -0.3 is 5.11 Å². The zero-order valence-electron chi connectivity index (χ0n) is 7.70. The zero-order valence-corrected chi connectivity index (χ0v) is 9.27. The Labute approximate surface area is 92.5 Å². The first-order chi connectivity index (χ1) is 6.69. The van der Waals surface area contributed by atoms with Gasteiger partial charge in [0.2, 0.25) is 0 Å². The molecule has 0 aliphatic carbocycles. The van der Waals surface area contributed by atoms with E-state index in [1.165, 1.54) is 11.8 Å². The summed E-state index contributed by atoms with van der Waals surface area (Å²) in [5, 5.41) is 18.3. The molecule has 0 bridgehead atoms. The monoisotopic (exact) mass is 227 g/mol. The maximum atomic E-state index is 8.89. The second-order valence-corrected chi connectivity index (χ2v) is 4.72. The van der Waals surface area contributed by atoms with Crippen molar-refractivity contribution in [1.29, 1.82) is 5.26 Å². The number of thioether (sulfide) groups is 1. The Morgan fingerprint density at radius 3 is 2.93 bits per heavy atom. The van der Waals surface area contributed by atoms with Crippen LogP contribution in [0.5, 0.6) is 0 Å². The number of rotatable bonds is 3. The lowest BCUT2D eigenvalue weighted by Gasteiger charge is -2.09. The van der Waals surface area contributed by atoms with Crippen molar-refractivity contribution in [1.82, 2.24) is 0 Å². The number of hydrogen-bond donors (Lipinski definition) is 1. The first-order valence-electron chi connectivity index (χ1n) is 4.15. The van der Waals surface area contributed by atoms with Crippen molar-refractivity contribution in [2.24, 2.45) is 0 Å². The van der Waals surface area contributed by atoms with E-state index in [4.69, 9.17) is 22.0 Å². The fourth-order valence-corrected chi connectivity index (χ4v) is 2.18. The summed E-state index contributed by atoms with van der Waals surface area (Å²) in [5.41, 5.74) is 0.486. The standard InChI is InChI=1S/C10H10ClNOS/c1-7(6-13)14-10-4-2-3-9(11)8(10)5-12/h2-4,7,13H,6H2,1H3. The number of aliphatic hydroxyl groups excluding tert-OH is 1. The van der Waals surface area contributed by atoms with Crippen LogP contribution < -0.4 is 0 Å². The predicted molar refractivity (Wildman–Crippen MR) is 58.6 cm³/mol. The van der Waals surface area contributed by atoms with Gasteiger partial charge in [0, 0.05) is 10.1 Å². The Morgan fingerprint density at radius 2 is 2.36 bits per heavy atom. The van der Waals surface area contributed by atoms with Crippen LogP contribution in [0.3, 0.4) is 0 Å². The second-order valence-electron chi connectivity index (χ2n) is 2.84. The molecule has 0 saturated carbocycles. The predicted octanol–water partition coefficient (Wildman–Crippen LogP) is 2.68. The van der Waals surface area contributed by atoms with Crippen LogP contribution in [0.25, 0.3) is 0 Å². The Kier molecular flexibility index (Phi) is 4.27. The van der Waals surface area contributed by atoms with E-state index >= 15 is 0 Å². The minimum absolute atomic E-state index is 0.0700. The molecule has 0 spiro atoms. The van der Waals surface area contributed by atoms with Crippen LogP contribution in [0.2, 0.25) is 5.02 Å². The molecule has 0 saturated heterocycles. The Hall–Kier alpha value is -0.690. The van der Waals surface area contributed by atoms with Gasteiger partial charge in [-0.2, -0.15) is 5.26 Å². The van der Waals surface area contributed by atoms with Gasteiger partial charge in [0.1, 0.15) is 6.07 Å². The number of hydrogen-bond acceptors (Lipinski definition) is 3. The largest absolute Gasteiger partial charge is 0.395 e. The van der Waals surface area contributed by atoms with E-state index in [2.05, 4.69) is 6.07 Å². The van der Waals surface area contributed by atoms with E-state index in [1.54, 1.807) is 12.1 Å². The van der Waals surface area contributed by atoms with Crippen molar-refractivity contribution in [2.45, 2.75) is 17.1 Å². The van der Waals surface area contributed by atoms with Gasteiger partial charge in [-0.1, -0.05) is 24.6 Å². The minimum atomic E-state index is 0.0700. The summed E-state index contributed by atoms with van der Waals surface area (Å²) in [6.07, 6.45) is 0. The van der Waals surface area contributed by atoms with E-state index in [0.717, 1.165) is 4.90 Å². The lowest BCUT2D eigenvalue weighted by atomic mass is 10.2. The molecule has 2 nitrogen and oxygen atoms in total. The van der Waals surface area contributed by atoms with E-state index in [-0.39, 0.29) is 11.9 Å². The molecule has 0 aromatic heterocycles. The van der Waals surface area contributed by atoms with Gasteiger partial charge in [0.15, 0.2) is 0 Å². The van der Waals surface area contributed by atoms with Crippen molar-refractivity contribution >= 4 is 23.4 Å². The molecular weight excluding hydrogens is 218 g/mol. The molecule has 1 atom stereocenters. The van der Waals surface area contributed by atoms with Gasteiger partial charge in [-0.3, -0.25) is 0 Å². The van der Waals surface area contributed by atoms with Crippen LogP contribution in [-0.2, 0) is 0 Å². The fraction of sp³-hybridized carbons (Fsp3) is 0.300. The van der Waals surface area contributed by atoms with E-state index < -0.39 is 0 Å². The number of halogens is 1. The van der Waals surface area contributed by atoms with E-state index in [9.17, 15) is 0 Å². The third-order valence-corrected chi connectivity index (χ3v) is 3.13. The van der Waals surface area contributed by atoms with Crippen LogP contribution in [0, 0.1) is 11.3 Å². The Bertz CT molecular complexity index is 362. The molecule has 4 heteroatoms. The number of aliphatic hydroxyl groups is 1. The summed E-state index contributed by atoms with van der Waals surface area (Å²) in [6.45, 7) is 1.98. The lowest BCUT2D eigenvalue weighted by molar-refractivity contribution is 0.300. The molecule has 1 aromatic rings. The van der Waals surface area contributed by atoms with E-state index in [0.29, 0.717) is 10.6 Å². The van der Waals surface area contributed by atoms with Gasteiger partial charge >= 0.3 is 0 Å². The highest BCUT2D eigenvalue weighted by molar-refractivity contribution is 8.00. The third kappa shape index (κ3) is 2.65. The average molecular weight is 228 g/mol. The number of nitrogens with zero attached hydrogens (tertiary/aromatic N) is 1. The van der Waals surface area contributed by atoms with Crippen molar-refractivity contribution in [2.75, 3.05) is 6.61 Å². The lowest BCUT2D eigenvalue weighted by Crippen LogP contribution is -2.02. The van der Waals surface area contributed by atoms with Crippen molar-refractivity contribution < 1.29 is 5.11 Å². The van der Waals surface area contributed by atoms with Gasteiger partial charge in [-0.05, 0) is 12.1 Å². The molecule has 74 valence electrons. The second kappa shape index (κ2) is 5.26. The fourth-order valence-electron chi connectivity index (χ4n) is 0.965.